The Morgan fingerprint density at radius 3 is 2.73 bits per heavy atom. The topological polar surface area (TPSA) is 75.7 Å². The second-order valence-electron chi connectivity index (χ2n) is 3.23. The number of rotatable bonds is 2. The lowest BCUT2D eigenvalue weighted by atomic mass is 10.1. The number of halogens is 1. The van der Waals surface area contributed by atoms with Gasteiger partial charge in [0.25, 0.3) is 0 Å². The van der Waals surface area contributed by atoms with E-state index in [0.717, 1.165) is 12.8 Å². The van der Waals surface area contributed by atoms with Crippen molar-refractivity contribution >= 4 is 16.5 Å². The van der Waals surface area contributed by atoms with Gasteiger partial charge in [0.05, 0.1) is 7.11 Å². The van der Waals surface area contributed by atoms with Gasteiger partial charge in [-0.15, -0.1) is 0 Å². The Morgan fingerprint density at radius 2 is 2.20 bits per heavy atom. The Balaban J connectivity index is 2.70. The molecule has 1 atom stereocenters. The van der Waals surface area contributed by atoms with Crippen molar-refractivity contribution < 1.29 is 21.8 Å². The molecule has 88 valence electrons. The zero-order valence-electron chi connectivity index (χ0n) is 8.27. The predicted octanol–water partition coefficient (Wildman–Crippen LogP) is 0.369. The van der Waals surface area contributed by atoms with Gasteiger partial charge in [-0.05, 0) is 19.3 Å². The first-order valence-electron chi connectivity index (χ1n) is 4.50. The number of hydrogen-bond donors (Lipinski definition) is 1. The SMILES string of the molecule is COC(=O)N1CCCC[C@H]1NS(=O)(=O)F. The molecular formula is C7H13FN2O4S. The zero-order valence-corrected chi connectivity index (χ0v) is 9.09. The van der Waals surface area contributed by atoms with E-state index < -0.39 is 22.7 Å². The number of hydrogen-bond acceptors (Lipinski definition) is 4. The number of likely N-dealkylation sites (tertiary alicyclic amines) is 1. The molecule has 6 nitrogen and oxygen atoms in total. The lowest BCUT2D eigenvalue weighted by Crippen LogP contribution is -2.52. The standard InChI is InChI=1S/C7H13FN2O4S/c1-14-7(11)10-5-3-2-4-6(10)9-15(8,12)13/h6,9H,2-5H2,1H3/t6-/m0/s1. The van der Waals surface area contributed by atoms with E-state index in [1.165, 1.54) is 12.0 Å². The molecule has 8 heteroatoms. The van der Waals surface area contributed by atoms with Crippen molar-refractivity contribution in [3.63, 3.8) is 0 Å². The number of carbonyl (C=O) groups excluding carboxylic acids is 1. The number of amides is 1. The lowest BCUT2D eigenvalue weighted by molar-refractivity contribution is 0.0861. The summed E-state index contributed by atoms with van der Waals surface area (Å²) in [7, 11) is -3.61. The molecule has 1 fully saturated rings. The van der Waals surface area contributed by atoms with Crippen molar-refractivity contribution in [2.45, 2.75) is 25.4 Å². The fraction of sp³-hybridized carbons (Fsp3) is 0.857. The average molecular weight is 240 g/mol. The fourth-order valence-corrected chi connectivity index (χ4v) is 2.12. The van der Waals surface area contributed by atoms with Gasteiger partial charge in [0.1, 0.15) is 6.17 Å². The van der Waals surface area contributed by atoms with Crippen LogP contribution in [0, 0.1) is 0 Å². The summed E-state index contributed by atoms with van der Waals surface area (Å²) in [5.41, 5.74) is 0. The molecule has 0 aromatic carbocycles. The van der Waals surface area contributed by atoms with Gasteiger partial charge in [-0.3, -0.25) is 4.90 Å². The van der Waals surface area contributed by atoms with Crippen molar-refractivity contribution in [1.82, 2.24) is 9.62 Å². The second kappa shape index (κ2) is 4.75. The predicted molar refractivity (Wildman–Crippen MR) is 49.9 cm³/mol. The highest BCUT2D eigenvalue weighted by molar-refractivity contribution is 7.84. The Kier molecular flexibility index (Phi) is 3.86. The molecule has 1 aliphatic rings. The molecule has 1 aliphatic heterocycles. The molecule has 1 heterocycles. The van der Waals surface area contributed by atoms with Gasteiger partial charge < -0.3 is 4.74 Å². The summed E-state index contributed by atoms with van der Waals surface area (Å²) >= 11 is 0. The van der Waals surface area contributed by atoms with Crippen LogP contribution in [0.15, 0.2) is 0 Å². The molecular weight excluding hydrogens is 227 g/mol. The summed E-state index contributed by atoms with van der Waals surface area (Å²) in [6, 6.07) is 0. The summed E-state index contributed by atoms with van der Waals surface area (Å²) in [5.74, 6) is 0. The third-order valence-corrected chi connectivity index (χ3v) is 2.74. The molecule has 0 radical (unpaired) electrons. The maximum absolute atomic E-state index is 12.4. The summed E-state index contributed by atoms with van der Waals surface area (Å²) in [5, 5.41) is 0. The molecule has 1 amide bonds. The Morgan fingerprint density at radius 1 is 1.53 bits per heavy atom. The first kappa shape index (κ1) is 12.2. The van der Waals surface area contributed by atoms with E-state index in [1.54, 1.807) is 4.72 Å². The van der Waals surface area contributed by atoms with Crippen LogP contribution in [-0.4, -0.2) is 39.2 Å². The van der Waals surface area contributed by atoms with Crippen molar-refractivity contribution in [2.75, 3.05) is 13.7 Å². The maximum Gasteiger partial charge on any atom is 0.410 e. The number of piperidine rings is 1. The smallest absolute Gasteiger partial charge is 0.410 e. The molecule has 1 rings (SSSR count). The van der Waals surface area contributed by atoms with E-state index in [9.17, 15) is 17.1 Å². The molecule has 0 saturated carbocycles. The van der Waals surface area contributed by atoms with E-state index in [2.05, 4.69) is 4.74 Å². The van der Waals surface area contributed by atoms with Crippen LogP contribution in [0.4, 0.5) is 8.68 Å². The highest BCUT2D eigenvalue weighted by Crippen LogP contribution is 2.16. The molecule has 0 aliphatic carbocycles. The molecule has 0 aromatic rings. The van der Waals surface area contributed by atoms with Gasteiger partial charge in [-0.2, -0.15) is 13.1 Å². The monoisotopic (exact) mass is 240 g/mol. The number of nitrogens with zero attached hydrogens (tertiary/aromatic N) is 1. The maximum atomic E-state index is 12.4. The van der Waals surface area contributed by atoms with Crippen LogP contribution in [0.1, 0.15) is 19.3 Å². The van der Waals surface area contributed by atoms with E-state index in [1.807, 2.05) is 0 Å². The summed E-state index contributed by atoms with van der Waals surface area (Å²) < 4.78 is 39.4. The number of ether oxygens (including phenoxy) is 1. The second-order valence-corrected chi connectivity index (χ2v) is 4.34. The zero-order chi connectivity index (χ0) is 11.5. The normalized spacial score (nSPS) is 22.5. The Labute approximate surface area is 87.7 Å². The number of carbonyl (C=O) groups is 1. The van der Waals surface area contributed by atoms with Crippen LogP contribution < -0.4 is 4.72 Å². The van der Waals surface area contributed by atoms with E-state index in [0.29, 0.717) is 13.0 Å². The summed E-state index contributed by atoms with van der Waals surface area (Å²) in [4.78, 5) is 12.4. The summed E-state index contributed by atoms with van der Waals surface area (Å²) in [6.07, 6.45) is 0.371. The van der Waals surface area contributed by atoms with Gasteiger partial charge in [-0.1, -0.05) is 3.89 Å². The van der Waals surface area contributed by atoms with Crippen molar-refractivity contribution in [1.29, 1.82) is 0 Å². The first-order valence-corrected chi connectivity index (χ1v) is 5.89. The Bertz CT molecular complexity index is 332. The largest absolute Gasteiger partial charge is 0.453 e. The van der Waals surface area contributed by atoms with E-state index in [4.69, 9.17) is 0 Å². The fourth-order valence-electron chi connectivity index (χ4n) is 1.55. The van der Waals surface area contributed by atoms with E-state index in [-0.39, 0.29) is 0 Å². The van der Waals surface area contributed by atoms with Crippen LogP contribution in [-0.2, 0) is 15.1 Å². The molecule has 0 unspecified atom stereocenters. The number of nitrogens with one attached hydrogen (secondary N) is 1. The minimum atomic E-state index is -4.80. The third kappa shape index (κ3) is 3.63. The van der Waals surface area contributed by atoms with Crippen LogP contribution in [0.3, 0.4) is 0 Å². The van der Waals surface area contributed by atoms with Crippen LogP contribution in [0.25, 0.3) is 0 Å². The van der Waals surface area contributed by atoms with E-state index >= 15 is 0 Å². The van der Waals surface area contributed by atoms with Crippen molar-refractivity contribution in [3.05, 3.63) is 0 Å². The van der Waals surface area contributed by atoms with Crippen LogP contribution in [0.5, 0.6) is 0 Å². The minimum absolute atomic E-state index is 0.361. The quantitative estimate of drug-likeness (QED) is 0.707. The summed E-state index contributed by atoms with van der Waals surface area (Å²) in [6.45, 7) is 0.361. The lowest BCUT2D eigenvalue weighted by Gasteiger charge is -2.33. The van der Waals surface area contributed by atoms with Gasteiger partial charge in [0, 0.05) is 6.54 Å². The molecule has 0 spiro atoms. The highest BCUT2D eigenvalue weighted by Gasteiger charge is 2.30. The van der Waals surface area contributed by atoms with Gasteiger partial charge in [0.15, 0.2) is 0 Å². The van der Waals surface area contributed by atoms with Gasteiger partial charge in [-0.25, -0.2) is 4.79 Å². The molecule has 0 aromatic heterocycles. The van der Waals surface area contributed by atoms with Gasteiger partial charge in [0.2, 0.25) is 0 Å². The first-order chi connectivity index (χ1) is 6.94. The molecule has 1 saturated heterocycles. The molecule has 1 N–H and O–H groups in total. The molecule has 0 bridgehead atoms. The molecule has 15 heavy (non-hydrogen) atoms. The highest BCUT2D eigenvalue weighted by atomic mass is 32.3. The Hall–Kier alpha value is -0.890. The van der Waals surface area contributed by atoms with Crippen molar-refractivity contribution in [2.24, 2.45) is 0 Å². The van der Waals surface area contributed by atoms with Crippen LogP contribution >= 0.6 is 0 Å². The van der Waals surface area contributed by atoms with Gasteiger partial charge >= 0.3 is 16.5 Å². The third-order valence-electron chi connectivity index (χ3n) is 2.19. The van der Waals surface area contributed by atoms with Crippen LogP contribution in [0.2, 0.25) is 0 Å². The number of methoxy groups -OCH3 is 1. The minimum Gasteiger partial charge on any atom is -0.453 e. The average Bonchev–Trinajstić information content (AvgIpc) is 2.15. The van der Waals surface area contributed by atoms with Crippen molar-refractivity contribution in [3.8, 4) is 0 Å².